The van der Waals surface area contributed by atoms with Gasteiger partial charge in [-0.25, -0.2) is 4.79 Å². The molecule has 0 spiro atoms. The van der Waals surface area contributed by atoms with Gasteiger partial charge in [0.1, 0.15) is 5.75 Å². The predicted molar refractivity (Wildman–Crippen MR) is 98.6 cm³/mol. The average Bonchev–Trinajstić information content (AvgIpc) is 2.68. The number of nitrogens with zero attached hydrogens (tertiary/aromatic N) is 1. The summed E-state index contributed by atoms with van der Waals surface area (Å²) in [5, 5.41) is 1.89. The molecule has 0 saturated heterocycles. The molecule has 0 N–H and O–H groups in total. The summed E-state index contributed by atoms with van der Waals surface area (Å²) < 4.78 is 5.72. The fourth-order valence-corrected chi connectivity index (χ4v) is 2.85. The van der Waals surface area contributed by atoms with Crippen molar-refractivity contribution in [1.82, 2.24) is 4.98 Å². The van der Waals surface area contributed by atoms with Gasteiger partial charge in [-0.05, 0) is 41.1 Å². The average molecular weight is 325 g/mol. The lowest BCUT2D eigenvalue weighted by Gasteiger charge is -2.11. The van der Waals surface area contributed by atoms with Crippen molar-refractivity contribution in [2.24, 2.45) is 0 Å². The highest BCUT2D eigenvalue weighted by atomic mass is 16.5. The van der Waals surface area contributed by atoms with Gasteiger partial charge in [0.05, 0.1) is 11.3 Å². The van der Waals surface area contributed by atoms with E-state index in [1.807, 2.05) is 72.8 Å². The van der Waals surface area contributed by atoms with Crippen molar-refractivity contribution in [3.63, 3.8) is 0 Å². The molecule has 1 aromatic heterocycles. The van der Waals surface area contributed by atoms with Crippen molar-refractivity contribution in [2.45, 2.75) is 0 Å². The summed E-state index contributed by atoms with van der Waals surface area (Å²) >= 11 is 0. The van der Waals surface area contributed by atoms with Crippen molar-refractivity contribution in [3.8, 4) is 17.0 Å². The first-order valence-electron chi connectivity index (χ1n) is 8.03. The molecule has 0 radical (unpaired) electrons. The summed E-state index contributed by atoms with van der Waals surface area (Å²) in [6.07, 6.45) is 1.72. The highest BCUT2D eigenvalue weighted by Crippen LogP contribution is 2.29. The second-order valence-corrected chi connectivity index (χ2v) is 5.63. The van der Waals surface area contributed by atoms with Crippen LogP contribution >= 0.6 is 0 Å². The Hall–Kier alpha value is -3.46. The van der Waals surface area contributed by atoms with E-state index in [4.69, 9.17) is 4.74 Å². The molecule has 0 fully saturated rings. The van der Waals surface area contributed by atoms with Crippen LogP contribution in [0, 0.1) is 0 Å². The molecule has 0 bridgehead atoms. The number of aromatic nitrogens is 1. The molecular weight excluding hydrogens is 310 g/mol. The lowest BCUT2D eigenvalue weighted by Crippen LogP contribution is -2.09. The van der Waals surface area contributed by atoms with E-state index >= 15 is 0 Å². The molecule has 1 heterocycles. The van der Waals surface area contributed by atoms with E-state index in [1.165, 1.54) is 0 Å². The highest BCUT2D eigenvalue weighted by Gasteiger charge is 2.15. The minimum absolute atomic E-state index is 0.375. The summed E-state index contributed by atoms with van der Waals surface area (Å²) in [5.41, 5.74) is 2.11. The number of pyridine rings is 1. The van der Waals surface area contributed by atoms with Crippen molar-refractivity contribution >= 4 is 16.7 Å². The third-order valence-corrected chi connectivity index (χ3v) is 4.04. The molecule has 4 rings (SSSR count). The van der Waals surface area contributed by atoms with Crippen LogP contribution in [0.4, 0.5) is 0 Å². The fraction of sp³-hybridized carbons (Fsp3) is 0. The molecule has 3 heteroatoms. The van der Waals surface area contributed by atoms with Crippen LogP contribution in [-0.4, -0.2) is 11.0 Å². The summed E-state index contributed by atoms with van der Waals surface area (Å²) in [5.74, 6) is 0.124. The minimum atomic E-state index is -0.375. The van der Waals surface area contributed by atoms with E-state index in [0.717, 1.165) is 22.0 Å². The first-order chi connectivity index (χ1) is 12.3. The number of hydrogen-bond donors (Lipinski definition) is 0. The van der Waals surface area contributed by atoms with Gasteiger partial charge in [-0.1, -0.05) is 54.6 Å². The Bertz CT molecular complexity index is 1040. The fourth-order valence-electron chi connectivity index (χ4n) is 2.85. The monoisotopic (exact) mass is 325 g/mol. The summed E-state index contributed by atoms with van der Waals surface area (Å²) in [7, 11) is 0. The summed E-state index contributed by atoms with van der Waals surface area (Å²) in [6.45, 7) is 0. The number of rotatable bonds is 3. The topological polar surface area (TPSA) is 39.2 Å². The van der Waals surface area contributed by atoms with E-state index in [2.05, 4.69) is 4.98 Å². The van der Waals surface area contributed by atoms with Gasteiger partial charge in [0.25, 0.3) is 0 Å². The molecule has 0 amide bonds. The number of carbonyl (C=O) groups is 1. The van der Waals surface area contributed by atoms with E-state index < -0.39 is 0 Å². The maximum atomic E-state index is 12.8. The van der Waals surface area contributed by atoms with Crippen molar-refractivity contribution < 1.29 is 9.53 Å². The van der Waals surface area contributed by atoms with Crippen LogP contribution in [0.3, 0.4) is 0 Å². The molecule has 0 aliphatic heterocycles. The first kappa shape index (κ1) is 15.1. The molecule has 25 heavy (non-hydrogen) atoms. The van der Waals surface area contributed by atoms with Crippen LogP contribution in [0.25, 0.3) is 22.0 Å². The zero-order valence-corrected chi connectivity index (χ0v) is 13.4. The van der Waals surface area contributed by atoms with Crippen LogP contribution in [0.1, 0.15) is 10.4 Å². The number of fused-ring (bicyclic) bond motifs is 1. The molecule has 0 saturated carbocycles. The number of ether oxygens (including phenoxy) is 1. The van der Waals surface area contributed by atoms with Crippen LogP contribution in [-0.2, 0) is 0 Å². The van der Waals surface area contributed by atoms with Gasteiger partial charge in [-0.15, -0.1) is 0 Å². The number of esters is 1. The maximum Gasteiger partial charge on any atom is 0.344 e. The molecule has 0 unspecified atom stereocenters. The quantitative estimate of drug-likeness (QED) is 0.387. The molecule has 4 aromatic rings. The highest BCUT2D eigenvalue weighted by molar-refractivity contribution is 6.05. The van der Waals surface area contributed by atoms with Gasteiger partial charge < -0.3 is 4.74 Å². The first-order valence-corrected chi connectivity index (χ1v) is 8.03. The Morgan fingerprint density at radius 2 is 1.52 bits per heavy atom. The standard InChI is InChI=1S/C22H15NO2/c24-22(18-12-7-9-16-8-1-2-10-17(16)18)25-21-14-4-3-11-19(21)20-13-5-6-15-23-20/h1-15H. The second kappa shape index (κ2) is 6.57. The molecule has 0 atom stereocenters. The zero-order valence-electron chi connectivity index (χ0n) is 13.4. The number of carbonyl (C=O) groups excluding carboxylic acids is 1. The normalized spacial score (nSPS) is 10.6. The zero-order chi connectivity index (χ0) is 17.1. The Labute approximate surface area is 145 Å². The van der Waals surface area contributed by atoms with Crippen molar-refractivity contribution in [2.75, 3.05) is 0 Å². The number of para-hydroxylation sites is 1. The Balaban J connectivity index is 1.72. The van der Waals surface area contributed by atoms with Crippen molar-refractivity contribution in [3.05, 3.63) is 96.7 Å². The van der Waals surface area contributed by atoms with Gasteiger partial charge in [0.15, 0.2) is 0 Å². The molecule has 0 aliphatic carbocycles. The van der Waals surface area contributed by atoms with Gasteiger partial charge in [0.2, 0.25) is 0 Å². The molecule has 120 valence electrons. The van der Waals surface area contributed by atoms with Crippen LogP contribution < -0.4 is 4.74 Å². The van der Waals surface area contributed by atoms with Crippen LogP contribution in [0.15, 0.2) is 91.1 Å². The van der Waals surface area contributed by atoms with Gasteiger partial charge >= 0.3 is 5.97 Å². The van der Waals surface area contributed by atoms with E-state index in [9.17, 15) is 4.79 Å². The molecule has 3 nitrogen and oxygen atoms in total. The maximum absolute atomic E-state index is 12.8. The summed E-state index contributed by atoms with van der Waals surface area (Å²) in [4.78, 5) is 17.1. The Morgan fingerprint density at radius 1 is 0.760 bits per heavy atom. The number of hydrogen-bond acceptors (Lipinski definition) is 3. The summed E-state index contributed by atoms with van der Waals surface area (Å²) in [6, 6.07) is 26.5. The Morgan fingerprint density at radius 3 is 2.40 bits per heavy atom. The predicted octanol–water partition coefficient (Wildman–Crippen LogP) is 5.12. The van der Waals surface area contributed by atoms with Gasteiger partial charge in [0, 0.05) is 11.8 Å². The van der Waals surface area contributed by atoms with E-state index in [1.54, 1.807) is 18.3 Å². The SMILES string of the molecule is O=C(Oc1ccccc1-c1ccccn1)c1cccc2ccccc12. The second-order valence-electron chi connectivity index (χ2n) is 5.63. The van der Waals surface area contributed by atoms with E-state index in [0.29, 0.717) is 11.3 Å². The smallest absolute Gasteiger partial charge is 0.344 e. The largest absolute Gasteiger partial charge is 0.422 e. The molecule has 0 aliphatic rings. The minimum Gasteiger partial charge on any atom is -0.422 e. The third kappa shape index (κ3) is 3.00. The molecular formula is C22H15NO2. The van der Waals surface area contributed by atoms with Gasteiger partial charge in [-0.2, -0.15) is 0 Å². The lowest BCUT2D eigenvalue weighted by atomic mass is 10.0. The number of benzene rings is 3. The Kier molecular flexibility index (Phi) is 3.97. The third-order valence-electron chi connectivity index (χ3n) is 4.04. The van der Waals surface area contributed by atoms with Crippen molar-refractivity contribution in [1.29, 1.82) is 0 Å². The van der Waals surface area contributed by atoms with Crippen LogP contribution in [0.2, 0.25) is 0 Å². The van der Waals surface area contributed by atoms with Gasteiger partial charge in [-0.3, -0.25) is 4.98 Å². The van der Waals surface area contributed by atoms with Crippen LogP contribution in [0.5, 0.6) is 5.75 Å². The molecule has 3 aromatic carbocycles. The lowest BCUT2D eigenvalue weighted by molar-refractivity contribution is 0.0737. The van der Waals surface area contributed by atoms with E-state index in [-0.39, 0.29) is 5.97 Å².